The normalized spacial score (nSPS) is 24.6. The first-order valence-corrected chi connectivity index (χ1v) is 13.4. The predicted octanol–water partition coefficient (Wildman–Crippen LogP) is 2.31. The molecule has 0 aromatic heterocycles. The highest BCUT2D eigenvalue weighted by molar-refractivity contribution is 6.31. The van der Waals surface area contributed by atoms with Gasteiger partial charge in [0.15, 0.2) is 0 Å². The van der Waals surface area contributed by atoms with Crippen molar-refractivity contribution in [3.63, 3.8) is 0 Å². The summed E-state index contributed by atoms with van der Waals surface area (Å²) in [7, 11) is 2.19. The van der Waals surface area contributed by atoms with E-state index in [4.69, 9.17) is 30.5 Å². The molecule has 0 saturated carbocycles. The maximum Gasteiger partial charge on any atom is 0.328 e. The lowest BCUT2D eigenvalue weighted by Crippen LogP contribution is -2.67. The van der Waals surface area contributed by atoms with E-state index in [0.717, 1.165) is 19.8 Å². The number of nitrogens with one attached hydrogen (secondary N) is 1. The van der Waals surface area contributed by atoms with Crippen LogP contribution < -0.4 is 10.2 Å². The van der Waals surface area contributed by atoms with Crippen LogP contribution in [0.2, 0.25) is 5.02 Å². The lowest BCUT2D eigenvalue weighted by molar-refractivity contribution is -0.163. The molecule has 0 radical (unpaired) electrons. The first-order valence-electron chi connectivity index (χ1n) is 13.0. The van der Waals surface area contributed by atoms with Gasteiger partial charge >= 0.3 is 23.9 Å². The lowest BCUT2D eigenvalue weighted by atomic mass is 9.59. The molecule has 0 aliphatic carbocycles. The minimum Gasteiger partial charge on any atom is -0.469 e. The van der Waals surface area contributed by atoms with Crippen molar-refractivity contribution in [2.75, 3.05) is 32.3 Å². The summed E-state index contributed by atoms with van der Waals surface area (Å²) in [6, 6.07) is 12.1. The smallest absolute Gasteiger partial charge is 0.328 e. The van der Waals surface area contributed by atoms with Gasteiger partial charge in [0.25, 0.3) is 0 Å². The monoisotopic (exact) mass is 586 g/mol. The van der Waals surface area contributed by atoms with Gasteiger partial charge in [0.2, 0.25) is 5.91 Å². The molecule has 12 heteroatoms. The predicted molar refractivity (Wildman–Crippen MR) is 146 cm³/mol. The third-order valence-electron chi connectivity index (χ3n) is 7.57. The average Bonchev–Trinajstić information content (AvgIpc) is 3.40. The van der Waals surface area contributed by atoms with Crippen molar-refractivity contribution in [1.82, 2.24) is 5.32 Å². The number of hydrogen-bond acceptors (Lipinski definition) is 10. The molecule has 1 saturated heterocycles. The fourth-order valence-electron chi connectivity index (χ4n) is 6.03. The van der Waals surface area contributed by atoms with Gasteiger partial charge in [-0.3, -0.25) is 24.5 Å². The Morgan fingerprint density at radius 2 is 1.61 bits per heavy atom. The number of ether oxygens (including phenoxy) is 4. The minimum absolute atomic E-state index is 0.0468. The molecule has 0 bridgehead atoms. The summed E-state index contributed by atoms with van der Waals surface area (Å²) in [6.45, 7) is 3.04. The standard InChI is InChI=1S/C29H31ClN2O9/c1-5-40-24(34)22-23(25(35)41-6-2)31-28(27(37)39-4,15-21(33)38-3)29(22)19-14-18(30)12-13-20(19)32(26(29)36)16-17-10-8-7-9-11-17/h7-14,22-23,31H,5-6,15-16H2,1-4H3/t22-,23-,28-,29+/m0/s1. The summed E-state index contributed by atoms with van der Waals surface area (Å²) in [5, 5.41) is 3.05. The second-order valence-electron chi connectivity index (χ2n) is 9.60. The molecule has 2 aliphatic rings. The zero-order valence-electron chi connectivity index (χ0n) is 23.1. The number of nitrogens with zero attached hydrogens (tertiary/aromatic N) is 1. The van der Waals surface area contributed by atoms with Crippen LogP contribution in [0.25, 0.3) is 0 Å². The van der Waals surface area contributed by atoms with Gasteiger partial charge < -0.3 is 23.8 Å². The average molecular weight is 587 g/mol. The SMILES string of the molecule is CCOC(=O)[C@H]1N[C@@](CC(=O)OC)(C(=O)OC)[C@@]2(C(=O)N(Cc3ccccc3)c3ccc(Cl)cc32)[C@@H]1C(=O)OCC. The highest BCUT2D eigenvalue weighted by Crippen LogP contribution is 2.59. The molecule has 1 spiro atoms. The quantitative estimate of drug-likeness (QED) is 0.344. The first-order chi connectivity index (χ1) is 19.6. The van der Waals surface area contributed by atoms with Crippen LogP contribution in [0.15, 0.2) is 48.5 Å². The Hall–Kier alpha value is -3.96. The zero-order valence-corrected chi connectivity index (χ0v) is 23.9. The van der Waals surface area contributed by atoms with Crippen LogP contribution >= 0.6 is 11.6 Å². The topological polar surface area (TPSA) is 138 Å². The molecule has 0 unspecified atom stereocenters. The van der Waals surface area contributed by atoms with Gasteiger partial charge in [0.05, 0.1) is 40.4 Å². The van der Waals surface area contributed by atoms with Crippen molar-refractivity contribution in [2.24, 2.45) is 5.92 Å². The van der Waals surface area contributed by atoms with Crippen LogP contribution in [0, 0.1) is 5.92 Å². The number of amides is 1. The Morgan fingerprint density at radius 1 is 0.951 bits per heavy atom. The molecule has 2 aromatic carbocycles. The molecule has 41 heavy (non-hydrogen) atoms. The van der Waals surface area contributed by atoms with Crippen molar-refractivity contribution in [1.29, 1.82) is 0 Å². The Labute approximate surface area is 242 Å². The summed E-state index contributed by atoms with van der Waals surface area (Å²) < 4.78 is 20.8. The molecular formula is C29H31ClN2O9. The van der Waals surface area contributed by atoms with Gasteiger partial charge in [-0.05, 0) is 43.2 Å². The molecule has 2 aromatic rings. The molecule has 1 N–H and O–H groups in total. The summed E-state index contributed by atoms with van der Waals surface area (Å²) >= 11 is 6.45. The molecule has 1 fully saturated rings. The zero-order chi connectivity index (χ0) is 29.9. The first kappa shape index (κ1) is 30.0. The van der Waals surface area contributed by atoms with E-state index in [0.29, 0.717) is 5.69 Å². The third-order valence-corrected chi connectivity index (χ3v) is 7.80. The van der Waals surface area contributed by atoms with E-state index in [9.17, 15) is 24.0 Å². The number of methoxy groups -OCH3 is 2. The second-order valence-corrected chi connectivity index (χ2v) is 10.0. The molecule has 1 amide bonds. The van der Waals surface area contributed by atoms with Gasteiger partial charge in [-0.25, -0.2) is 4.79 Å². The van der Waals surface area contributed by atoms with Crippen molar-refractivity contribution in [3.05, 3.63) is 64.7 Å². The van der Waals surface area contributed by atoms with Gasteiger partial charge in [-0.15, -0.1) is 0 Å². The number of esters is 4. The number of rotatable bonds is 9. The van der Waals surface area contributed by atoms with Crippen LogP contribution in [-0.2, 0) is 54.9 Å². The maximum atomic E-state index is 15.0. The minimum atomic E-state index is -2.30. The van der Waals surface area contributed by atoms with Gasteiger partial charge in [0.1, 0.15) is 22.9 Å². The van der Waals surface area contributed by atoms with Gasteiger partial charge in [-0.2, -0.15) is 0 Å². The molecule has 4 rings (SSSR count). The molecular weight excluding hydrogens is 556 g/mol. The van der Waals surface area contributed by atoms with Crippen molar-refractivity contribution in [3.8, 4) is 0 Å². The highest BCUT2D eigenvalue weighted by Gasteiger charge is 2.79. The molecule has 2 heterocycles. The molecule has 2 aliphatic heterocycles. The molecule has 11 nitrogen and oxygen atoms in total. The number of carbonyl (C=O) groups is 5. The van der Waals surface area contributed by atoms with E-state index < -0.39 is 59.1 Å². The fraction of sp³-hybridized carbons (Fsp3) is 0.414. The largest absolute Gasteiger partial charge is 0.469 e. The number of anilines is 1. The van der Waals surface area contributed by atoms with E-state index in [1.54, 1.807) is 38.1 Å². The Balaban J connectivity index is 2.11. The van der Waals surface area contributed by atoms with E-state index in [-0.39, 0.29) is 30.3 Å². The van der Waals surface area contributed by atoms with Crippen LogP contribution in [0.5, 0.6) is 0 Å². The van der Waals surface area contributed by atoms with E-state index >= 15 is 0 Å². The third kappa shape index (κ3) is 4.72. The fourth-order valence-corrected chi connectivity index (χ4v) is 6.20. The summed E-state index contributed by atoms with van der Waals surface area (Å²) in [6.07, 6.45) is -0.765. The van der Waals surface area contributed by atoms with E-state index in [1.807, 2.05) is 18.2 Å². The van der Waals surface area contributed by atoms with E-state index in [1.165, 1.54) is 11.0 Å². The van der Waals surface area contributed by atoms with Gasteiger partial charge in [0, 0.05) is 10.7 Å². The summed E-state index contributed by atoms with van der Waals surface area (Å²) in [5.74, 6) is -6.22. The van der Waals surface area contributed by atoms with Gasteiger partial charge in [-0.1, -0.05) is 41.9 Å². The Bertz CT molecular complexity index is 1370. The highest BCUT2D eigenvalue weighted by atomic mass is 35.5. The number of carbonyl (C=O) groups excluding carboxylic acids is 5. The Morgan fingerprint density at radius 3 is 2.22 bits per heavy atom. The van der Waals surface area contributed by atoms with Crippen molar-refractivity contribution >= 4 is 47.1 Å². The van der Waals surface area contributed by atoms with E-state index in [2.05, 4.69) is 5.32 Å². The number of hydrogen-bond donors (Lipinski definition) is 1. The van der Waals surface area contributed by atoms with Crippen LogP contribution in [0.4, 0.5) is 5.69 Å². The maximum absolute atomic E-state index is 15.0. The summed E-state index contributed by atoms with van der Waals surface area (Å²) in [4.78, 5) is 70.5. The van der Waals surface area contributed by atoms with Crippen molar-refractivity contribution < 1.29 is 42.9 Å². The second kappa shape index (κ2) is 11.9. The van der Waals surface area contributed by atoms with Crippen molar-refractivity contribution in [2.45, 2.75) is 43.8 Å². The Kier molecular flexibility index (Phi) is 8.69. The number of halogens is 1. The summed E-state index contributed by atoms with van der Waals surface area (Å²) in [5.41, 5.74) is -3.30. The van der Waals surface area contributed by atoms with Crippen LogP contribution in [0.1, 0.15) is 31.4 Å². The van der Waals surface area contributed by atoms with Crippen LogP contribution in [0.3, 0.4) is 0 Å². The number of benzene rings is 2. The molecule has 4 atom stereocenters. The van der Waals surface area contributed by atoms with Crippen LogP contribution in [-0.4, -0.2) is 68.8 Å². The molecule has 218 valence electrons. The number of fused-ring (bicyclic) bond motifs is 2. The lowest BCUT2D eigenvalue weighted by Gasteiger charge is -2.41.